The van der Waals surface area contributed by atoms with Crippen LogP contribution in [-0.4, -0.2) is 25.0 Å². The number of hydrogen-bond donors (Lipinski definition) is 1. The standard InChI is InChI=1S/C16H17NO3/c1-3-20-14-9-5-4-8-13(14)17-11-12-7-6-10-15(19-2)16(12)18/h4-11,18H,3H2,1-2H3. The summed E-state index contributed by atoms with van der Waals surface area (Å²) in [5.41, 5.74) is 1.31. The van der Waals surface area contributed by atoms with E-state index in [1.807, 2.05) is 31.2 Å². The van der Waals surface area contributed by atoms with Gasteiger partial charge in [0.05, 0.1) is 13.7 Å². The molecule has 104 valence electrons. The molecule has 0 aliphatic rings. The van der Waals surface area contributed by atoms with E-state index in [0.717, 1.165) is 5.69 Å². The number of phenols is 1. The van der Waals surface area contributed by atoms with Gasteiger partial charge in [-0.2, -0.15) is 0 Å². The van der Waals surface area contributed by atoms with Crippen molar-refractivity contribution in [1.29, 1.82) is 0 Å². The largest absolute Gasteiger partial charge is 0.504 e. The Morgan fingerprint density at radius 2 is 1.85 bits per heavy atom. The molecule has 0 radical (unpaired) electrons. The zero-order chi connectivity index (χ0) is 14.4. The lowest BCUT2D eigenvalue weighted by Gasteiger charge is -2.07. The molecule has 2 rings (SSSR count). The Bertz CT molecular complexity index is 608. The van der Waals surface area contributed by atoms with Gasteiger partial charge in [-0.05, 0) is 31.2 Å². The summed E-state index contributed by atoms with van der Waals surface area (Å²) in [5.74, 6) is 1.22. The van der Waals surface area contributed by atoms with Crippen LogP contribution in [0.4, 0.5) is 5.69 Å². The Balaban J connectivity index is 2.30. The molecule has 0 spiro atoms. The molecule has 0 fully saturated rings. The molecule has 0 bridgehead atoms. The van der Waals surface area contributed by atoms with Crippen LogP contribution in [0.1, 0.15) is 12.5 Å². The van der Waals surface area contributed by atoms with E-state index in [0.29, 0.717) is 23.7 Å². The molecule has 2 aromatic carbocycles. The third-order valence-electron chi connectivity index (χ3n) is 2.76. The minimum atomic E-state index is 0.0765. The van der Waals surface area contributed by atoms with Gasteiger partial charge in [0.15, 0.2) is 11.5 Å². The number of aliphatic imine (C=N–C) groups is 1. The maximum absolute atomic E-state index is 9.99. The lowest BCUT2D eigenvalue weighted by atomic mass is 10.2. The molecule has 0 unspecified atom stereocenters. The molecule has 0 heterocycles. The van der Waals surface area contributed by atoms with Crippen LogP contribution in [0.3, 0.4) is 0 Å². The van der Waals surface area contributed by atoms with Crippen LogP contribution in [0, 0.1) is 0 Å². The minimum Gasteiger partial charge on any atom is -0.504 e. The number of ether oxygens (including phenoxy) is 2. The number of methoxy groups -OCH3 is 1. The molecule has 4 nitrogen and oxygen atoms in total. The molecular formula is C16H17NO3. The molecule has 0 aliphatic heterocycles. The first-order valence-electron chi connectivity index (χ1n) is 6.38. The Kier molecular flexibility index (Phi) is 4.60. The molecule has 20 heavy (non-hydrogen) atoms. The number of benzene rings is 2. The van der Waals surface area contributed by atoms with Gasteiger partial charge in [0.25, 0.3) is 0 Å². The lowest BCUT2D eigenvalue weighted by molar-refractivity contribution is 0.341. The molecule has 0 amide bonds. The number of hydrogen-bond acceptors (Lipinski definition) is 4. The topological polar surface area (TPSA) is 51.0 Å². The predicted octanol–water partition coefficient (Wildman–Crippen LogP) is 3.55. The highest BCUT2D eigenvalue weighted by Gasteiger charge is 2.05. The van der Waals surface area contributed by atoms with E-state index < -0.39 is 0 Å². The van der Waals surface area contributed by atoms with Crippen molar-refractivity contribution in [2.24, 2.45) is 4.99 Å². The fourth-order valence-corrected chi connectivity index (χ4v) is 1.79. The number of aromatic hydroxyl groups is 1. The molecule has 2 aromatic rings. The zero-order valence-corrected chi connectivity index (χ0v) is 11.5. The third-order valence-corrected chi connectivity index (χ3v) is 2.76. The van der Waals surface area contributed by atoms with Crippen LogP contribution < -0.4 is 9.47 Å². The van der Waals surface area contributed by atoms with Crippen molar-refractivity contribution < 1.29 is 14.6 Å². The SMILES string of the molecule is CCOc1ccccc1N=Cc1cccc(OC)c1O. The first kappa shape index (κ1) is 13.9. The quantitative estimate of drug-likeness (QED) is 0.846. The second-order valence-corrected chi connectivity index (χ2v) is 4.06. The van der Waals surface area contributed by atoms with Crippen molar-refractivity contribution in [2.45, 2.75) is 6.92 Å². The smallest absolute Gasteiger partial charge is 0.166 e. The summed E-state index contributed by atoms with van der Waals surface area (Å²) in [5, 5.41) is 9.99. The van der Waals surface area contributed by atoms with Gasteiger partial charge in [0.1, 0.15) is 11.4 Å². The number of para-hydroxylation sites is 3. The molecule has 0 saturated heterocycles. The number of phenolic OH excluding ortho intramolecular Hbond substituents is 1. The van der Waals surface area contributed by atoms with Gasteiger partial charge in [-0.3, -0.25) is 4.99 Å². The van der Waals surface area contributed by atoms with E-state index in [4.69, 9.17) is 9.47 Å². The van der Waals surface area contributed by atoms with Crippen LogP contribution in [0.5, 0.6) is 17.2 Å². The summed E-state index contributed by atoms with van der Waals surface area (Å²) < 4.78 is 10.6. The fourth-order valence-electron chi connectivity index (χ4n) is 1.79. The van der Waals surface area contributed by atoms with Crippen LogP contribution in [0.15, 0.2) is 47.5 Å². The number of nitrogens with zero attached hydrogens (tertiary/aromatic N) is 1. The molecule has 4 heteroatoms. The highest BCUT2D eigenvalue weighted by atomic mass is 16.5. The van der Waals surface area contributed by atoms with Crippen molar-refractivity contribution in [3.63, 3.8) is 0 Å². The lowest BCUT2D eigenvalue weighted by Crippen LogP contribution is -1.92. The van der Waals surface area contributed by atoms with E-state index in [2.05, 4.69) is 4.99 Å². The summed E-state index contributed by atoms with van der Waals surface area (Å²) in [4.78, 5) is 4.37. The van der Waals surface area contributed by atoms with Crippen molar-refractivity contribution in [3.05, 3.63) is 48.0 Å². The van der Waals surface area contributed by atoms with Gasteiger partial charge < -0.3 is 14.6 Å². The second-order valence-electron chi connectivity index (χ2n) is 4.06. The van der Waals surface area contributed by atoms with Gasteiger partial charge in [-0.1, -0.05) is 18.2 Å². The summed E-state index contributed by atoms with van der Waals surface area (Å²) in [6.07, 6.45) is 1.59. The van der Waals surface area contributed by atoms with E-state index >= 15 is 0 Å². The van der Waals surface area contributed by atoms with Gasteiger partial charge in [-0.15, -0.1) is 0 Å². The Morgan fingerprint density at radius 1 is 1.10 bits per heavy atom. The van der Waals surface area contributed by atoms with Gasteiger partial charge >= 0.3 is 0 Å². The van der Waals surface area contributed by atoms with Crippen LogP contribution in [0.2, 0.25) is 0 Å². The molecule has 0 atom stereocenters. The fraction of sp³-hybridized carbons (Fsp3) is 0.188. The molecule has 0 saturated carbocycles. The first-order valence-corrected chi connectivity index (χ1v) is 6.38. The van der Waals surface area contributed by atoms with E-state index in [1.165, 1.54) is 7.11 Å². The molecule has 1 N–H and O–H groups in total. The summed E-state index contributed by atoms with van der Waals surface area (Å²) in [6.45, 7) is 2.51. The summed E-state index contributed by atoms with van der Waals surface area (Å²) >= 11 is 0. The third kappa shape index (κ3) is 3.09. The van der Waals surface area contributed by atoms with Gasteiger partial charge in [0.2, 0.25) is 0 Å². The van der Waals surface area contributed by atoms with Crippen molar-refractivity contribution in [2.75, 3.05) is 13.7 Å². The average molecular weight is 271 g/mol. The minimum absolute atomic E-state index is 0.0765. The first-order chi connectivity index (χ1) is 9.76. The predicted molar refractivity (Wildman–Crippen MR) is 79.5 cm³/mol. The maximum atomic E-state index is 9.99. The van der Waals surface area contributed by atoms with Crippen LogP contribution in [0.25, 0.3) is 0 Å². The Morgan fingerprint density at radius 3 is 2.60 bits per heavy atom. The normalized spacial score (nSPS) is 10.7. The zero-order valence-electron chi connectivity index (χ0n) is 11.5. The Hall–Kier alpha value is -2.49. The van der Waals surface area contributed by atoms with E-state index in [9.17, 15) is 5.11 Å². The average Bonchev–Trinajstić information content (AvgIpc) is 2.48. The monoisotopic (exact) mass is 271 g/mol. The Labute approximate surface area is 118 Å². The highest BCUT2D eigenvalue weighted by molar-refractivity contribution is 5.87. The van der Waals surface area contributed by atoms with Gasteiger partial charge in [-0.25, -0.2) is 0 Å². The highest BCUT2D eigenvalue weighted by Crippen LogP contribution is 2.30. The van der Waals surface area contributed by atoms with Crippen molar-refractivity contribution >= 4 is 11.9 Å². The summed E-state index contributed by atoms with van der Waals surface area (Å²) in [7, 11) is 1.51. The molecule has 0 aliphatic carbocycles. The maximum Gasteiger partial charge on any atom is 0.166 e. The van der Waals surface area contributed by atoms with Gasteiger partial charge in [0, 0.05) is 11.8 Å². The van der Waals surface area contributed by atoms with E-state index in [1.54, 1.807) is 24.4 Å². The van der Waals surface area contributed by atoms with Crippen molar-refractivity contribution in [3.8, 4) is 17.2 Å². The van der Waals surface area contributed by atoms with E-state index in [-0.39, 0.29) is 5.75 Å². The van der Waals surface area contributed by atoms with Crippen LogP contribution >= 0.6 is 0 Å². The van der Waals surface area contributed by atoms with Crippen molar-refractivity contribution in [1.82, 2.24) is 0 Å². The molecule has 0 aromatic heterocycles. The number of rotatable bonds is 5. The van der Waals surface area contributed by atoms with Crippen LogP contribution in [-0.2, 0) is 0 Å². The second kappa shape index (κ2) is 6.61. The summed E-state index contributed by atoms with van der Waals surface area (Å²) in [6, 6.07) is 12.8. The molecular weight excluding hydrogens is 254 g/mol.